The van der Waals surface area contributed by atoms with Crippen molar-refractivity contribution in [1.82, 2.24) is 5.32 Å². The van der Waals surface area contributed by atoms with Crippen molar-refractivity contribution in [2.75, 3.05) is 13.7 Å². The fourth-order valence-corrected chi connectivity index (χ4v) is 1.16. The van der Waals surface area contributed by atoms with Gasteiger partial charge in [0.25, 0.3) is 0 Å². The molecule has 1 aromatic carbocycles. The molecule has 5 heteroatoms. The van der Waals surface area contributed by atoms with Gasteiger partial charge in [0, 0.05) is 19.5 Å². The molecule has 0 heterocycles. The average molecular weight is 245 g/mol. The number of nitrogens with one attached hydrogen (secondary N) is 1. The summed E-state index contributed by atoms with van der Waals surface area (Å²) in [7, 11) is 1.62. The maximum atomic E-state index is 11.1. The molecular weight excluding hydrogens is 228 g/mol. The Bertz CT molecular complexity index is 314. The molecule has 0 unspecified atom stereocenters. The number of hydrogen-bond acceptors (Lipinski definition) is 3. The molecule has 3 N–H and O–H groups in total. The van der Waals surface area contributed by atoms with Crippen LogP contribution < -0.4 is 15.8 Å². The number of nitrogens with two attached hydrogens (primary N) is 1. The number of carbonyl (C=O) groups is 1. The maximum Gasteiger partial charge on any atom is 0.221 e. The van der Waals surface area contributed by atoms with Gasteiger partial charge < -0.3 is 15.8 Å². The minimum Gasteiger partial charge on any atom is -0.497 e. The Morgan fingerprint density at radius 1 is 1.38 bits per heavy atom. The third-order valence-corrected chi connectivity index (χ3v) is 2.02. The van der Waals surface area contributed by atoms with Crippen LogP contribution in [0.25, 0.3) is 0 Å². The molecule has 0 aliphatic heterocycles. The predicted molar refractivity (Wildman–Crippen MR) is 65.8 cm³/mol. The first kappa shape index (κ1) is 14.7. The van der Waals surface area contributed by atoms with Crippen molar-refractivity contribution in [3.63, 3.8) is 0 Å². The fraction of sp³-hybridized carbons (Fsp3) is 0.364. The van der Waals surface area contributed by atoms with Crippen molar-refractivity contribution < 1.29 is 9.53 Å². The van der Waals surface area contributed by atoms with E-state index in [-0.39, 0.29) is 18.3 Å². The summed E-state index contributed by atoms with van der Waals surface area (Å²) in [6.45, 7) is 0.914. The molecule has 0 aliphatic carbocycles. The van der Waals surface area contributed by atoms with Crippen LogP contribution in [-0.2, 0) is 11.3 Å². The van der Waals surface area contributed by atoms with Gasteiger partial charge >= 0.3 is 0 Å². The topological polar surface area (TPSA) is 64.3 Å². The quantitative estimate of drug-likeness (QED) is 0.815. The Kier molecular flexibility index (Phi) is 7.33. The van der Waals surface area contributed by atoms with Crippen molar-refractivity contribution in [2.24, 2.45) is 5.73 Å². The highest BCUT2D eigenvalue weighted by atomic mass is 35.5. The SMILES string of the molecule is COc1ccc(CNC(=O)CCN)cc1.Cl. The molecule has 16 heavy (non-hydrogen) atoms. The minimum absolute atomic E-state index is 0. The Hall–Kier alpha value is -1.26. The van der Waals surface area contributed by atoms with E-state index in [4.69, 9.17) is 10.5 Å². The average Bonchev–Trinajstić information content (AvgIpc) is 2.27. The summed E-state index contributed by atoms with van der Waals surface area (Å²) in [5.74, 6) is 0.792. The molecule has 0 saturated carbocycles. The lowest BCUT2D eigenvalue weighted by atomic mass is 10.2. The maximum absolute atomic E-state index is 11.1. The standard InChI is InChI=1S/C11H16N2O2.ClH/c1-15-10-4-2-9(3-5-10)8-13-11(14)6-7-12;/h2-5H,6-8,12H2,1H3,(H,13,14);1H. The third-order valence-electron chi connectivity index (χ3n) is 2.02. The molecule has 0 aliphatic rings. The van der Waals surface area contributed by atoms with Gasteiger partial charge in [-0.25, -0.2) is 0 Å². The van der Waals surface area contributed by atoms with E-state index in [0.29, 0.717) is 19.5 Å². The second-order valence-corrected chi connectivity index (χ2v) is 3.16. The molecule has 90 valence electrons. The number of halogens is 1. The van der Waals surface area contributed by atoms with Crippen molar-refractivity contribution in [3.8, 4) is 5.75 Å². The van der Waals surface area contributed by atoms with Crippen LogP contribution in [-0.4, -0.2) is 19.6 Å². The van der Waals surface area contributed by atoms with Gasteiger partial charge in [-0.3, -0.25) is 4.79 Å². The number of hydrogen-bond donors (Lipinski definition) is 2. The summed E-state index contributed by atoms with van der Waals surface area (Å²) in [6.07, 6.45) is 0.371. The van der Waals surface area contributed by atoms with E-state index < -0.39 is 0 Å². The first-order chi connectivity index (χ1) is 7.26. The fourth-order valence-electron chi connectivity index (χ4n) is 1.16. The number of carbonyl (C=O) groups excluding carboxylic acids is 1. The Labute approximate surface area is 102 Å². The molecule has 0 atom stereocenters. The second-order valence-electron chi connectivity index (χ2n) is 3.16. The van der Waals surface area contributed by atoms with Crippen LogP contribution in [0.4, 0.5) is 0 Å². The van der Waals surface area contributed by atoms with Gasteiger partial charge in [0.15, 0.2) is 0 Å². The van der Waals surface area contributed by atoms with Crippen LogP contribution in [0.3, 0.4) is 0 Å². The zero-order valence-corrected chi connectivity index (χ0v) is 10.0. The number of amides is 1. The summed E-state index contributed by atoms with van der Waals surface area (Å²) in [6, 6.07) is 7.57. The van der Waals surface area contributed by atoms with Crippen LogP contribution in [0.15, 0.2) is 24.3 Å². The van der Waals surface area contributed by atoms with E-state index in [9.17, 15) is 4.79 Å². The number of ether oxygens (including phenoxy) is 1. The highest BCUT2D eigenvalue weighted by Gasteiger charge is 1.99. The van der Waals surface area contributed by atoms with E-state index in [1.54, 1.807) is 7.11 Å². The molecule has 0 fully saturated rings. The molecule has 1 aromatic rings. The minimum atomic E-state index is -0.0201. The molecular formula is C11H17ClN2O2. The van der Waals surface area contributed by atoms with Gasteiger partial charge in [-0.15, -0.1) is 12.4 Å². The number of methoxy groups -OCH3 is 1. The largest absolute Gasteiger partial charge is 0.497 e. The zero-order chi connectivity index (χ0) is 11.1. The van der Waals surface area contributed by atoms with Crippen molar-refractivity contribution in [2.45, 2.75) is 13.0 Å². The summed E-state index contributed by atoms with van der Waals surface area (Å²) >= 11 is 0. The monoisotopic (exact) mass is 244 g/mol. The van der Waals surface area contributed by atoms with Crippen LogP contribution >= 0.6 is 12.4 Å². The van der Waals surface area contributed by atoms with Gasteiger partial charge in [0.05, 0.1) is 7.11 Å². The summed E-state index contributed by atoms with van der Waals surface area (Å²) < 4.78 is 5.03. The Morgan fingerprint density at radius 3 is 2.50 bits per heavy atom. The number of benzene rings is 1. The molecule has 1 amide bonds. The molecule has 1 rings (SSSR count). The van der Waals surface area contributed by atoms with Crippen molar-refractivity contribution in [1.29, 1.82) is 0 Å². The third kappa shape index (κ3) is 5.00. The first-order valence-electron chi connectivity index (χ1n) is 4.86. The molecule has 0 spiro atoms. The highest BCUT2D eigenvalue weighted by Crippen LogP contribution is 2.10. The van der Waals surface area contributed by atoms with Crippen LogP contribution in [0, 0.1) is 0 Å². The van der Waals surface area contributed by atoms with Gasteiger partial charge in [-0.1, -0.05) is 12.1 Å². The predicted octanol–water partition coefficient (Wildman–Crippen LogP) is 1.08. The lowest BCUT2D eigenvalue weighted by Gasteiger charge is -2.05. The molecule has 4 nitrogen and oxygen atoms in total. The van der Waals surface area contributed by atoms with E-state index in [0.717, 1.165) is 11.3 Å². The van der Waals surface area contributed by atoms with Crippen molar-refractivity contribution >= 4 is 18.3 Å². The van der Waals surface area contributed by atoms with Crippen LogP contribution in [0.5, 0.6) is 5.75 Å². The Balaban J connectivity index is 0.00000225. The lowest BCUT2D eigenvalue weighted by Crippen LogP contribution is -2.24. The van der Waals surface area contributed by atoms with E-state index in [2.05, 4.69) is 5.32 Å². The summed E-state index contributed by atoms with van der Waals surface area (Å²) in [4.78, 5) is 11.1. The molecule has 0 saturated heterocycles. The van der Waals surface area contributed by atoms with E-state index in [1.165, 1.54) is 0 Å². The van der Waals surface area contributed by atoms with Crippen molar-refractivity contribution in [3.05, 3.63) is 29.8 Å². The lowest BCUT2D eigenvalue weighted by molar-refractivity contribution is -0.121. The molecule has 0 aromatic heterocycles. The van der Waals surface area contributed by atoms with E-state index >= 15 is 0 Å². The summed E-state index contributed by atoms with van der Waals surface area (Å²) in [5, 5.41) is 2.78. The normalized spacial score (nSPS) is 9.12. The highest BCUT2D eigenvalue weighted by molar-refractivity contribution is 5.85. The Morgan fingerprint density at radius 2 is 2.00 bits per heavy atom. The zero-order valence-electron chi connectivity index (χ0n) is 9.23. The smallest absolute Gasteiger partial charge is 0.221 e. The first-order valence-corrected chi connectivity index (χ1v) is 4.86. The molecule has 0 radical (unpaired) electrons. The molecule has 0 bridgehead atoms. The van der Waals surface area contributed by atoms with Gasteiger partial charge in [0.1, 0.15) is 5.75 Å². The second kappa shape index (κ2) is 7.96. The summed E-state index contributed by atoms with van der Waals surface area (Å²) in [5.41, 5.74) is 6.30. The number of rotatable bonds is 5. The van der Waals surface area contributed by atoms with Crippen LogP contribution in [0.1, 0.15) is 12.0 Å². The van der Waals surface area contributed by atoms with Gasteiger partial charge in [0.2, 0.25) is 5.91 Å². The van der Waals surface area contributed by atoms with Crippen LogP contribution in [0.2, 0.25) is 0 Å². The van der Waals surface area contributed by atoms with Gasteiger partial charge in [-0.05, 0) is 17.7 Å². The van der Waals surface area contributed by atoms with Gasteiger partial charge in [-0.2, -0.15) is 0 Å². The van der Waals surface area contributed by atoms with E-state index in [1.807, 2.05) is 24.3 Å².